The molecule has 0 aromatic carbocycles. The highest BCUT2D eigenvalue weighted by Gasteiger charge is 2.35. The Morgan fingerprint density at radius 2 is 1.04 bits per heavy atom. The van der Waals surface area contributed by atoms with E-state index in [4.69, 9.17) is 0 Å². The molecule has 150 valence electrons. The largest absolute Gasteiger partial charge is 0.544 e. The number of nitrogens with zero attached hydrogens (tertiary/aromatic N) is 1. The minimum atomic E-state index is -0.830. The first-order valence-electron chi connectivity index (χ1n) is 11.1. The standard InChI is InChI=1S/C22H45NO2/c1-5-9-12-15-18-23(19-16-13-10-6-2,20-17-14-11-7-3)21(8-4)22(24)25/h21H,5-20H2,1-4H3. The van der Waals surface area contributed by atoms with E-state index in [1.54, 1.807) is 0 Å². The molecule has 0 aromatic rings. The number of carboxylic acids is 1. The predicted octanol–water partition coefficient (Wildman–Crippen LogP) is 5.07. The smallest absolute Gasteiger partial charge is 0.129 e. The van der Waals surface area contributed by atoms with Crippen LogP contribution in [0.25, 0.3) is 0 Å². The van der Waals surface area contributed by atoms with Gasteiger partial charge in [0.15, 0.2) is 0 Å². The second-order valence-corrected chi connectivity index (χ2v) is 7.81. The Morgan fingerprint density at radius 1 is 0.680 bits per heavy atom. The van der Waals surface area contributed by atoms with E-state index in [0.29, 0.717) is 6.42 Å². The average Bonchev–Trinajstić information content (AvgIpc) is 2.59. The van der Waals surface area contributed by atoms with Crippen LogP contribution in [0, 0.1) is 0 Å². The second-order valence-electron chi connectivity index (χ2n) is 7.81. The Hall–Kier alpha value is -0.570. The van der Waals surface area contributed by atoms with E-state index in [0.717, 1.165) is 43.4 Å². The van der Waals surface area contributed by atoms with Crippen molar-refractivity contribution in [3.63, 3.8) is 0 Å². The normalized spacial score (nSPS) is 13.1. The lowest BCUT2D eigenvalue weighted by Crippen LogP contribution is -2.62. The second kappa shape index (κ2) is 15.7. The highest BCUT2D eigenvalue weighted by Crippen LogP contribution is 2.23. The monoisotopic (exact) mass is 355 g/mol. The molecule has 3 heteroatoms. The van der Waals surface area contributed by atoms with Crippen LogP contribution in [0.2, 0.25) is 0 Å². The maximum absolute atomic E-state index is 11.9. The van der Waals surface area contributed by atoms with Crippen LogP contribution >= 0.6 is 0 Å². The minimum absolute atomic E-state index is 0.329. The summed E-state index contributed by atoms with van der Waals surface area (Å²) in [4.78, 5) is 11.9. The summed E-state index contributed by atoms with van der Waals surface area (Å²) in [7, 11) is 0. The number of hydrogen-bond donors (Lipinski definition) is 0. The molecule has 0 aliphatic carbocycles. The topological polar surface area (TPSA) is 40.1 Å². The lowest BCUT2D eigenvalue weighted by atomic mass is 10.0. The van der Waals surface area contributed by atoms with Crippen molar-refractivity contribution in [1.82, 2.24) is 0 Å². The van der Waals surface area contributed by atoms with Crippen molar-refractivity contribution in [3.8, 4) is 0 Å². The number of unbranched alkanes of at least 4 members (excludes halogenated alkanes) is 9. The van der Waals surface area contributed by atoms with Crippen LogP contribution in [0.15, 0.2) is 0 Å². The molecule has 0 rings (SSSR count). The number of aliphatic carboxylic acids is 1. The maximum atomic E-state index is 11.9. The van der Waals surface area contributed by atoms with Gasteiger partial charge in [0.25, 0.3) is 0 Å². The molecule has 0 bridgehead atoms. The van der Waals surface area contributed by atoms with Gasteiger partial charge in [0.2, 0.25) is 0 Å². The molecule has 0 saturated heterocycles. The molecule has 0 heterocycles. The Kier molecular flexibility index (Phi) is 15.3. The summed E-state index contributed by atoms with van der Waals surface area (Å²) in [6.07, 6.45) is 15.3. The van der Waals surface area contributed by atoms with E-state index < -0.39 is 5.97 Å². The molecule has 0 amide bonds. The van der Waals surface area contributed by atoms with Crippen molar-refractivity contribution in [3.05, 3.63) is 0 Å². The fraction of sp³-hybridized carbons (Fsp3) is 0.955. The maximum Gasteiger partial charge on any atom is 0.129 e. The van der Waals surface area contributed by atoms with Gasteiger partial charge in [-0.1, -0.05) is 66.2 Å². The Morgan fingerprint density at radius 3 is 1.28 bits per heavy atom. The molecule has 0 saturated carbocycles. The number of quaternary nitrogens is 1. The van der Waals surface area contributed by atoms with Crippen LogP contribution in [-0.2, 0) is 4.79 Å². The summed E-state index contributed by atoms with van der Waals surface area (Å²) >= 11 is 0. The van der Waals surface area contributed by atoms with Gasteiger partial charge in [-0.15, -0.1) is 0 Å². The van der Waals surface area contributed by atoms with E-state index in [2.05, 4.69) is 20.8 Å². The van der Waals surface area contributed by atoms with Crippen LogP contribution in [0.5, 0.6) is 0 Å². The van der Waals surface area contributed by atoms with Crippen LogP contribution in [0.3, 0.4) is 0 Å². The van der Waals surface area contributed by atoms with Gasteiger partial charge in [0.1, 0.15) is 6.04 Å². The molecule has 0 aliphatic heterocycles. The SMILES string of the molecule is CCCCCC[N+](CCCCCC)(CCCCCC)C(CC)C(=O)[O-]. The minimum Gasteiger partial charge on any atom is -0.544 e. The van der Waals surface area contributed by atoms with E-state index >= 15 is 0 Å². The van der Waals surface area contributed by atoms with Crippen molar-refractivity contribution in [2.75, 3.05) is 19.6 Å². The van der Waals surface area contributed by atoms with Crippen LogP contribution < -0.4 is 5.11 Å². The predicted molar refractivity (Wildman–Crippen MR) is 106 cm³/mol. The highest BCUT2D eigenvalue weighted by molar-refractivity contribution is 5.69. The molecule has 0 aromatic heterocycles. The van der Waals surface area contributed by atoms with Gasteiger partial charge < -0.3 is 14.4 Å². The molecule has 1 atom stereocenters. The van der Waals surface area contributed by atoms with E-state index in [-0.39, 0.29) is 6.04 Å². The number of carboxylic acid groups (broad SMARTS) is 1. The molecule has 0 aliphatic rings. The quantitative estimate of drug-likeness (QED) is 0.254. The van der Waals surface area contributed by atoms with Gasteiger partial charge in [0.05, 0.1) is 25.6 Å². The number of carbonyl (C=O) groups excluding carboxylic acids is 1. The first-order valence-corrected chi connectivity index (χ1v) is 11.1. The molecule has 0 radical (unpaired) electrons. The Labute approximate surface area is 157 Å². The third-order valence-electron chi connectivity index (χ3n) is 5.69. The molecular weight excluding hydrogens is 310 g/mol. The number of carbonyl (C=O) groups is 1. The third-order valence-corrected chi connectivity index (χ3v) is 5.69. The Balaban J connectivity index is 5.08. The summed E-state index contributed by atoms with van der Waals surface area (Å²) < 4.78 is 0.774. The summed E-state index contributed by atoms with van der Waals surface area (Å²) in [6.45, 7) is 11.8. The molecular formula is C22H45NO2. The first-order chi connectivity index (χ1) is 12.1. The third kappa shape index (κ3) is 10.2. The van der Waals surface area contributed by atoms with Crippen LogP contribution in [-0.4, -0.2) is 36.1 Å². The summed E-state index contributed by atoms with van der Waals surface area (Å²) in [5.74, 6) is -0.830. The fourth-order valence-corrected chi connectivity index (χ4v) is 4.14. The molecule has 0 fully saturated rings. The van der Waals surface area contributed by atoms with Gasteiger partial charge in [-0.25, -0.2) is 0 Å². The zero-order valence-electron chi connectivity index (χ0n) is 17.7. The van der Waals surface area contributed by atoms with Gasteiger partial charge in [-0.2, -0.15) is 0 Å². The molecule has 3 nitrogen and oxygen atoms in total. The van der Waals surface area contributed by atoms with Gasteiger partial charge >= 0.3 is 0 Å². The molecule has 0 N–H and O–H groups in total. The van der Waals surface area contributed by atoms with Crippen molar-refractivity contribution < 1.29 is 14.4 Å². The first kappa shape index (κ1) is 24.4. The van der Waals surface area contributed by atoms with Gasteiger partial charge in [-0.3, -0.25) is 0 Å². The van der Waals surface area contributed by atoms with E-state index in [9.17, 15) is 9.90 Å². The van der Waals surface area contributed by atoms with Gasteiger partial charge in [0, 0.05) is 6.42 Å². The zero-order chi connectivity index (χ0) is 19.0. The van der Waals surface area contributed by atoms with Gasteiger partial charge in [-0.05, 0) is 38.5 Å². The lowest BCUT2D eigenvalue weighted by Gasteiger charge is -2.46. The summed E-state index contributed by atoms with van der Waals surface area (Å²) in [5, 5.41) is 11.9. The molecule has 25 heavy (non-hydrogen) atoms. The van der Waals surface area contributed by atoms with E-state index in [1.807, 2.05) is 6.92 Å². The summed E-state index contributed by atoms with van der Waals surface area (Å²) in [5.41, 5.74) is 0. The Bertz CT molecular complexity index is 286. The fourth-order valence-electron chi connectivity index (χ4n) is 4.14. The number of rotatable bonds is 18. The van der Waals surface area contributed by atoms with Crippen molar-refractivity contribution in [1.29, 1.82) is 0 Å². The van der Waals surface area contributed by atoms with E-state index in [1.165, 1.54) is 57.8 Å². The number of hydrogen-bond acceptors (Lipinski definition) is 2. The van der Waals surface area contributed by atoms with Crippen molar-refractivity contribution >= 4 is 5.97 Å². The zero-order valence-corrected chi connectivity index (χ0v) is 17.7. The lowest BCUT2D eigenvalue weighted by molar-refractivity contribution is -0.946. The highest BCUT2D eigenvalue weighted by atomic mass is 16.4. The van der Waals surface area contributed by atoms with Crippen molar-refractivity contribution in [2.24, 2.45) is 0 Å². The van der Waals surface area contributed by atoms with Crippen LogP contribution in [0.4, 0.5) is 0 Å². The van der Waals surface area contributed by atoms with Crippen LogP contribution in [0.1, 0.15) is 111 Å². The molecule has 0 spiro atoms. The van der Waals surface area contributed by atoms with Crippen molar-refractivity contribution in [2.45, 2.75) is 117 Å². The summed E-state index contributed by atoms with van der Waals surface area (Å²) in [6, 6.07) is -0.329. The average molecular weight is 356 g/mol. The molecule has 1 unspecified atom stereocenters.